The van der Waals surface area contributed by atoms with E-state index < -0.39 is 30.1 Å². The molecule has 2 unspecified atom stereocenters. The standard InChI is InChI=1S/C26H33N3O5/c1-4-5-14-22(25(31)32)27-24(30)23(15-29(2)3)28-26(33)34-16-21-19-12-8-6-10-17(19)18-11-7-9-13-20(18)21/h6-13,21-23H,4-5,14-16H2,1-3H3,(H,27,30)(H,28,33)(H,31,32). The summed E-state index contributed by atoms with van der Waals surface area (Å²) in [5.41, 5.74) is 4.45. The van der Waals surface area contributed by atoms with Gasteiger partial charge >= 0.3 is 12.1 Å². The number of carboxylic acids is 1. The predicted molar refractivity (Wildman–Crippen MR) is 130 cm³/mol. The average Bonchev–Trinajstić information content (AvgIpc) is 3.13. The van der Waals surface area contributed by atoms with Gasteiger partial charge in [-0.1, -0.05) is 68.3 Å². The molecule has 8 heteroatoms. The van der Waals surface area contributed by atoms with E-state index in [-0.39, 0.29) is 19.1 Å². The average molecular weight is 468 g/mol. The number of aliphatic carboxylic acids is 1. The fourth-order valence-corrected chi connectivity index (χ4v) is 4.28. The van der Waals surface area contributed by atoms with Crippen molar-refractivity contribution in [3.05, 3.63) is 59.7 Å². The first kappa shape index (κ1) is 25.2. The molecule has 8 nitrogen and oxygen atoms in total. The number of ether oxygens (including phenoxy) is 1. The number of rotatable bonds is 11. The molecule has 2 atom stereocenters. The van der Waals surface area contributed by atoms with E-state index in [1.54, 1.807) is 19.0 Å². The van der Waals surface area contributed by atoms with Crippen LogP contribution >= 0.6 is 0 Å². The number of hydrogen-bond donors (Lipinski definition) is 3. The third-order valence-electron chi connectivity index (χ3n) is 5.96. The van der Waals surface area contributed by atoms with E-state index in [0.717, 1.165) is 28.7 Å². The smallest absolute Gasteiger partial charge is 0.407 e. The zero-order chi connectivity index (χ0) is 24.7. The number of alkyl carbamates (subject to hydrolysis) is 1. The van der Waals surface area contributed by atoms with Crippen molar-refractivity contribution in [2.45, 2.75) is 44.2 Å². The summed E-state index contributed by atoms with van der Waals surface area (Å²) in [4.78, 5) is 38.7. The summed E-state index contributed by atoms with van der Waals surface area (Å²) in [5.74, 6) is -1.73. The number of unbranched alkanes of at least 4 members (excludes halogenated alkanes) is 1. The minimum Gasteiger partial charge on any atom is -0.480 e. The Hall–Kier alpha value is -3.39. The Morgan fingerprint density at radius 2 is 1.56 bits per heavy atom. The van der Waals surface area contributed by atoms with E-state index in [0.29, 0.717) is 12.8 Å². The van der Waals surface area contributed by atoms with E-state index in [1.165, 1.54) is 0 Å². The number of amides is 2. The predicted octanol–water partition coefficient (Wildman–Crippen LogP) is 3.21. The highest BCUT2D eigenvalue weighted by atomic mass is 16.5. The fourth-order valence-electron chi connectivity index (χ4n) is 4.28. The van der Waals surface area contributed by atoms with Crippen LogP contribution in [0.5, 0.6) is 0 Å². The number of fused-ring (bicyclic) bond motifs is 3. The first-order chi connectivity index (χ1) is 16.3. The molecule has 2 aromatic carbocycles. The number of benzene rings is 2. The van der Waals surface area contributed by atoms with Crippen molar-refractivity contribution in [3.8, 4) is 11.1 Å². The summed E-state index contributed by atoms with van der Waals surface area (Å²) in [6.45, 7) is 2.29. The Bertz CT molecular complexity index is 978. The molecule has 0 radical (unpaired) electrons. The lowest BCUT2D eigenvalue weighted by atomic mass is 9.98. The molecule has 0 aliphatic heterocycles. The van der Waals surface area contributed by atoms with E-state index in [1.807, 2.05) is 43.3 Å². The highest BCUT2D eigenvalue weighted by molar-refractivity contribution is 5.89. The van der Waals surface area contributed by atoms with E-state index in [9.17, 15) is 19.5 Å². The van der Waals surface area contributed by atoms with Gasteiger partial charge in [0.15, 0.2) is 0 Å². The zero-order valence-electron chi connectivity index (χ0n) is 19.9. The van der Waals surface area contributed by atoms with Crippen LogP contribution in [0.4, 0.5) is 4.79 Å². The molecule has 2 amide bonds. The van der Waals surface area contributed by atoms with Crippen molar-refractivity contribution in [2.75, 3.05) is 27.2 Å². The van der Waals surface area contributed by atoms with Crippen LogP contribution in [0.15, 0.2) is 48.5 Å². The first-order valence-electron chi connectivity index (χ1n) is 11.6. The monoisotopic (exact) mass is 467 g/mol. The van der Waals surface area contributed by atoms with Gasteiger partial charge in [0.25, 0.3) is 0 Å². The summed E-state index contributed by atoms with van der Waals surface area (Å²) in [6.07, 6.45) is 1.11. The molecule has 3 N–H and O–H groups in total. The summed E-state index contributed by atoms with van der Waals surface area (Å²) in [6, 6.07) is 14.1. The van der Waals surface area contributed by atoms with Crippen LogP contribution < -0.4 is 10.6 Å². The SMILES string of the molecule is CCCCC(NC(=O)C(CN(C)C)NC(=O)OCC1c2ccccc2-c2ccccc21)C(=O)O. The molecule has 0 heterocycles. The van der Waals surface area contributed by atoms with Crippen LogP contribution in [0.1, 0.15) is 43.2 Å². The van der Waals surface area contributed by atoms with Crippen molar-refractivity contribution in [2.24, 2.45) is 0 Å². The van der Waals surface area contributed by atoms with Crippen molar-refractivity contribution < 1.29 is 24.2 Å². The third kappa shape index (κ3) is 6.14. The molecule has 0 fully saturated rings. The lowest BCUT2D eigenvalue weighted by Crippen LogP contribution is -2.55. The van der Waals surface area contributed by atoms with E-state index >= 15 is 0 Å². The number of carbonyl (C=O) groups is 3. The van der Waals surface area contributed by atoms with Gasteiger partial charge in [-0.25, -0.2) is 9.59 Å². The van der Waals surface area contributed by atoms with Gasteiger partial charge in [-0.3, -0.25) is 4.79 Å². The Kier molecular flexibility index (Phi) is 8.65. The van der Waals surface area contributed by atoms with Crippen LogP contribution in [0, 0.1) is 0 Å². The number of nitrogens with zero attached hydrogens (tertiary/aromatic N) is 1. The number of hydrogen-bond acceptors (Lipinski definition) is 5. The molecule has 182 valence electrons. The topological polar surface area (TPSA) is 108 Å². The number of carbonyl (C=O) groups excluding carboxylic acids is 2. The minimum absolute atomic E-state index is 0.0929. The van der Waals surface area contributed by atoms with Gasteiger partial charge in [0.1, 0.15) is 18.7 Å². The molecule has 34 heavy (non-hydrogen) atoms. The Balaban J connectivity index is 1.65. The second-order valence-corrected chi connectivity index (χ2v) is 8.83. The highest BCUT2D eigenvalue weighted by Gasteiger charge is 2.30. The molecule has 3 rings (SSSR count). The number of nitrogens with one attached hydrogen (secondary N) is 2. The lowest BCUT2D eigenvalue weighted by molar-refractivity contribution is -0.142. The minimum atomic E-state index is -1.09. The van der Waals surface area contributed by atoms with E-state index in [2.05, 4.69) is 22.8 Å². The summed E-state index contributed by atoms with van der Waals surface area (Å²) < 4.78 is 5.55. The molecule has 0 spiro atoms. The molecule has 0 bridgehead atoms. The maximum Gasteiger partial charge on any atom is 0.407 e. The Morgan fingerprint density at radius 1 is 0.971 bits per heavy atom. The first-order valence-corrected chi connectivity index (χ1v) is 11.6. The van der Waals surface area contributed by atoms with Crippen molar-refractivity contribution in [3.63, 3.8) is 0 Å². The maximum atomic E-state index is 12.8. The van der Waals surface area contributed by atoms with Gasteiger partial charge < -0.3 is 25.4 Å². The Morgan fingerprint density at radius 3 is 2.09 bits per heavy atom. The summed E-state index contributed by atoms with van der Waals surface area (Å²) in [5, 5.41) is 14.6. The molecule has 0 aromatic heterocycles. The van der Waals surface area contributed by atoms with Crippen LogP contribution in [-0.4, -0.2) is 67.3 Å². The highest BCUT2D eigenvalue weighted by Crippen LogP contribution is 2.44. The van der Waals surface area contributed by atoms with Gasteiger partial charge in [-0.2, -0.15) is 0 Å². The second kappa shape index (κ2) is 11.7. The third-order valence-corrected chi connectivity index (χ3v) is 5.96. The van der Waals surface area contributed by atoms with Crippen LogP contribution in [0.3, 0.4) is 0 Å². The van der Waals surface area contributed by atoms with Gasteiger partial charge in [-0.15, -0.1) is 0 Å². The largest absolute Gasteiger partial charge is 0.480 e. The van der Waals surface area contributed by atoms with Crippen LogP contribution in [0.2, 0.25) is 0 Å². The molecule has 2 aromatic rings. The van der Waals surface area contributed by atoms with Gasteiger partial charge in [0.2, 0.25) is 5.91 Å². The van der Waals surface area contributed by atoms with Gasteiger partial charge in [-0.05, 0) is 42.8 Å². The van der Waals surface area contributed by atoms with Crippen LogP contribution in [0.25, 0.3) is 11.1 Å². The molecule has 0 saturated heterocycles. The molecular weight excluding hydrogens is 434 g/mol. The quantitative estimate of drug-likeness (QED) is 0.468. The lowest BCUT2D eigenvalue weighted by Gasteiger charge is -2.24. The Labute approximate surface area is 200 Å². The van der Waals surface area contributed by atoms with Gasteiger partial charge in [0.05, 0.1) is 0 Å². The zero-order valence-corrected chi connectivity index (χ0v) is 19.9. The van der Waals surface area contributed by atoms with Crippen molar-refractivity contribution in [1.82, 2.24) is 15.5 Å². The maximum absolute atomic E-state index is 12.8. The second-order valence-electron chi connectivity index (χ2n) is 8.83. The summed E-state index contributed by atoms with van der Waals surface area (Å²) in [7, 11) is 3.54. The normalized spacial score (nSPS) is 14.1. The van der Waals surface area contributed by atoms with Crippen LogP contribution in [-0.2, 0) is 14.3 Å². The van der Waals surface area contributed by atoms with E-state index in [4.69, 9.17) is 4.74 Å². The van der Waals surface area contributed by atoms with Gasteiger partial charge in [0, 0.05) is 12.5 Å². The molecule has 0 saturated carbocycles. The molecular formula is C26H33N3O5. The fraction of sp³-hybridized carbons (Fsp3) is 0.423. The number of likely N-dealkylation sites (N-methyl/N-ethyl adjacent to an activating group) is 1. The molecule has 1 aliphatic carbocycles. The summed E-state index contributed by atoms with van der Waals surface area (Å²) >= 11 is 0. The molecule has 1 aliphatic rings. The number of carboxylic acid groups (broad SMARTS) is 1. The van der Waals surface area contributed by atoms with Crippen molar-refractivity contribution in [1.29, 1.82) is 0 Å². The van der Waals surface area contributed by atoms with Crippen molar-refractivity contribution >= 4 is 18.0 Å².